The highest BCUT2D eigenvalue weighted by Crippen LogP contribution is 2.24. The van der Waals surface area contributed by atoms with Crippen LogP contribution >= 0.6 is 22.1 Å². The Kier molecular flexibility index (Phi) is 8.90. The Morgan fingerprint density at radius 3 is 2.69 bits per heavy atom. The molecule has 2 unspecified atom stereocenters. The standard InChI is InChI=1S/C23H32ClNS/c1-5-20(17-19(2)24)14-16-25-15-6-7-22(18-25)9-8-21-10-12-23(13-11-21)26(3)4/h5,10-13,17,22H,1-3,6-9,14-16,18H2,4H3/b20-17+. The zero-order chi connectivity index (χ0) is 18.9. The molecule has 0 N–H and O–H groups in total. The van der Waals surface area contributed by atoms with Crippen molar-refractivity contribution in [2.45, 2.75) is 37.0 Å². The summed E-state index contributed by atoms with van der Waals surface area (Å²) in [6, 6.07) is 9.05. The van der Waals surface area contributed by atoms with Crippen LogP contribution in [0.15, 0.2) is 65.1 Å². The maximum atomic E-state index is 5.89. The Balaban J connectivity index is 1.79. The van der Waals surface area contributed by atoms with E-state index in [0.717, 1.165) is 18.9 Å². The van der Waals surface area contributed by atoms with Crippen LogP contribution in [0.5, 0.6) is 0 Å². The lowest BCUT2D eigenvalue weighted by molar-refractivity contribution is 0.171. The lowest BCUT2D eigenvalue weighted by Gasteiger charge is -2.33. The molecule has 2 rings (SSSR count). The second-order valence-corrected chi connectivity index (χ2v) is 9.48. The van der Waals surface area contributed by atoms with E-state index in [1.165, 1.54) is 54.8 Å². The van der Waals surface area contributed by atoms with Crippen molar-refractivity contribution >= 4 is 28.0 Å². The Hall–Kier alpha value is -1.09. The average molecular weight is 390 g/mol. The number of allylic oxidation sites excluding steroid dienone is 3. The van der Waals surface area contributed by atoms with Gasteiger partial charge in [-0.25, -0.2) is 0 Å². The lowest BCUT2D eigenvalue weighted by Crippen LogP contribution is -2.36. The summed E-state index contributed by atoms with van der Waals surface area (Å²) in [4.78, 5) is 3.94. The Morgan fingerprint density at radius 1 is 1.35 bits per heavy atom. The molecule has 1 heterocycles. The highest BCUT2D eigenvalue weighted by Gasteiger charge is 2.19. The molecule has 142 valence electrons. The fourth-order valence-electron chi connectivity index (χ4n) is 3.57. The van der Waals surface area contributed by atoms with Crippen molar-refractivity contribution in [2.75, 3.05) is 25.9 Å². The molecule has 0 bridgehead atoms. The van der Waals surface area contributed by atoms with Gasteiger partial charge in [-0.2, -0.15) is 10.5 Å². The number of piperidine rings is 1. The fourth-order valence-corrected chi connectivity index (χ4v) is 4.31. The summed E-state index contributed by atoms with van der Waals surface area (Å²) in [6.45, 7) is 11.1. The van der Waals surface area contributed by atoms with Crippen LogP contribution in [0.25, 0.3) is 0 Å². The molecule has 1 aliphatic rings. The smallest absolute Gasteiger partial charge is 0.0336 e. The number of halogens is 1. The molecule has 1 aromatic carbocycles. The van der Waals surface area contributed by atoms with E-state index in [2.05, 4.69) is 54.4 Å². The molecule has 0 aromatic heterocycles. The van der Waals surface area contributed by atoms with Crippen LogP contribution in [0.4, 0.5) is 0 Å². The van der Waals surface area contributed by atoms with Crippen molar-refractivity contribution in [1.82, 2.24) is 4.90 Å². The van der Waals surface area contributed by atoms with Crippen LogP contribution in [0.3, 0.4) is 0 Å². The minimum Gasteiger partial charge on any atom is -0.303 e. The third kappa shape index (κ3) is 7.26. The van der Waals surface area contributed by atoms with E-state index in [4.69, 9.17) is 11.6 Å². The van der Waals surface area contributed by atoms with Gasteiger partial charge in [0.25, 0.3) is 0 Å². The Bertz CT molecular complexity index is 659. The SMILES string of the molecule is C=C/C(=C\C(=C)Cl)CCN1CCCC(CCc2ccc(S(=C)C)cc2)C1. The van der Waals surface area contributed by atoms with Crippen molar-refractivity contribution in [2.24, 2.45) is 5.92 Å². The first-order valence-corrected chi connectivity index (χ1v) is 11.6. The second-order valence-electron chi connectivity index (χ2n) is 7.25. The van der Waals surface area contributed by atoms with Crippen LogP contribution < -0.4 is 0 Å². The molecular formula is C23H32ClNS. The predicted octanol–water partition coefficient (Wildman–Crippen LogP) is 6.28. The van der Waals surface area contributed by atoms with Crippen molar-refractivity contribution < 1.29 is 0 Å². The largest absolute Gasteiger partial charge is 0.303 e. The zero-order valence-corrected chi connectivity index (χ0v) is 17.6. The van der Waals surface area contributed by atoms with E-state index in [1.54, 1.807) is 0 Å². The molecule has 1 nitrogen and oxygen atoms in total. The van der Waals surface area contributed by atoms with E-state index in [0.29, 0.717) is 5.03 Å². The average Bonchev–Trinajstić information content (AvgIpc) is 2.63. The van der Waals surface area contributed by atoms with Crippen LogP contribution in [-0.4, -0.2) is 36.7 Å². The molecule has 1 aromatic rings. The molecule has 0 aliphatic carbocycles. The van der Waals surface area contributed by atoms with Gasteiger partial charge in [-0.15, -0.1) is 0 Å². The minimum absolute atomic E-state index is 0.107. The number of aryl methyl sites for hydroxylation is 1. The van der Waals surface area contributed by atoms with E-state index < -0.39 is 0 Å². The van der Waals surface area contributed by atoms with Gasteiger partial charge < -0.3 is 4.90 Å². The van der Waals surface area contributed by atoms with E-state index in [-0.39, 0.29) is 10.5 Å². The molecule has 3 heteroatoms. The first kappa shape index (κ1) is 21.2. The van der Waals surface area contributed by atoms with Gasteiger partial charge in [-0.1, -0.05) is 48.8 Å². The number of hydrogen-bond acceptors (Lipinski definition) is 1. The Labute approximate surface area is 167 Å². The van der Waals surface area contributed by atoms with Crippen molar-refractivity contribution in [1.29, 1.82) is 0 Å². The number of likely N-dealkylation sites (tertiary alicyclic amines) is 1. The molecule has 0 radical (unpaired) electrons. The molecule has 2 atom stereocenters. The van der Waals surface area contributed by atoms with Gasteiger partial charge in [0.2, 0.25) is 0 Å². The predicted molar refractivity (Wildman–Crippen MR) is 121 cm³/mol. The second kappa shape index (κ2) is 10.9. The van der Waals surface area contributed by atoms with Gasteiger partial charge in [0.05, 0.1) is 0 Å². The van der Waals surface area contributed by atoms with Gasteiger partial charge in [-0.3, -0.25) is 0 Å². The third-order valence-electron chi connectivity index (χ3n) is 5.09. The van der Waals surface area contributed by atoms with Gasteiger partial charge in [-0.05, 0) is 80.2 Å². The number of rotatable bonds is 9. The molecule has 1 fully saturated rings. The molecule has 0 spiro atoms. The molecule has 0 amide bonds. The number of benzene rings is 1. The minimum atomic E-state index is 0.107. The van der Waals surface area contributed by atoms with E-state index in [9.17, 15) is 0 Å². The maximum Gasteiger partial charge on any atom is 0.0336 e. The van der Waals surface area contributed by atoms with Gasteiger partial charge in [0.15, 0.2) is 0 Å². The maximum absolute atomic E-state index is 5.89. The van der Waals surface area contributed by atoms with Crippen molar-refractivity contribution in [3.05, 3.63) is 65.7 Å². The van der Waals surface area contributed by atoms with Crippen LogP contribution in [0.1, 0.15) is 31.2 Å². The molecular weight excluding hydrogens is 358 g/mol. The van der Waals surface area contributed by atoms with Gasteiger partial charge >= 0.3 is 0 Å². The molecule has 1 aliphatic heterocycles. The summed E-state index contributed by atoms with van der Waals surface area (Å²) in [5.41, 5.74) is 2.63. The fraction of sp³-hybridized carbons (Fsp3) is 0.435. The highest BCUT2D eigenvalue weighted by molar-refractivity contribution is 8.13. The normalized spacial score (nSPS) is 19.9. The molecule has 0 saturated carbocycles. The summed E-state index contributed by atoms with van der Waals surface area (Å²) < 4.78 is 0. The monoisotopic (exact) mass is 389 g/mol. The molecule has 1 saturated heterocycles. The van der Waals surface area contributed by atoms with Gasteiger partial charge in [0.1, 0.15) is 0 Å². The van der Waals surface area contributed by atoms with Crippen molar-refractivity contribution in [3.63, 3.8) is 0 Å². The summed E-state index contributed by atoms with van der Waals surface area (Å²) in [6.07, 6.45) is 12.1. The van der Waals surface area contributed by atoms with Crippen molar-refractivity contribution in [3.8, 4) is 0 Å². The lowest BCUT2D eigenvalue weighted by atomic mass is 9.91. The van der Waals surface area contributed by atoms with Crippen LogP contribution in [0.2, 0.25) is 0 Å². The number of hydrogen-bond donors (Lipinski definition) is 0. The van der Waals surface area contributed by atoms with Gasteiger partial charge in [0, 0.05) is 23.0 Å². The summed E-state index contributed by atoms with van der Waals surface area (Å²) >= 11 is 5.89. The number of nitrogens with zero attached hydrogens (tertiary/aromatic N) is 1. The van der Waals surface area contributed by atoms with Crippen LogP contribution in [0, 0.1) is 5.92 Å². The first-order valence-electron chi connectivity index (χ1n) is 9.42. The van der Waals surface area contributed by atoms with E-state index in [1.807, 2.05) is 12.2 Å². The topological polar surface area (TPSA) is 3.24 Å². The third-order valence-corrected chi connectivity index (χ3v) is 6.28. The van der Waals surface area contributed by atoms with E-state index >= 15 is 0 Å². The summed E-state index contributed by atoms with van der Waals surface area (Å²) in [5.74, 6) is 4.92. The summed E-state index contributed by atoms with van der Waals surface area (Å²) in [5, 5.41) is 0.580. The highest BCUT2D eigenvalue weighted by atomic mass is 35.5. The quantitative estimate of drug-likeness (QED) is 0.355. The summed E-state index contributed by atoms with van der Waals surface area (Å²) in [7, 11) is 0.107. The first-order chi connectivity index (χ1) is 12.5. The Morgan fingerprint density at radius 2 is 2.08 bits per heavy atom. The molecule has 26 heavy (non-hydrogen) atoms. The van der Waals surface area contributed by atoms with Crippen LogP contribution in [-0.2, 0) is 6.42 Å². The zero-order valence-electron chi connectivity index (χ0n) is 16.1.